The van der Waals surface area contributed by atoms with E-state index >= 15 is 0 Å². The minimum atomic E-state index is -2.38. The van der Waals surface area contributed by atoms with Gasteiger partial charge in [0.15, 0.2) is 0 Å². The van der Waals surface area contributed by atoms with Crippen molar-refractivity contribution in [2.45, 2.75) is 31.4 Å². The van der Waals surface area contributed by atoms with Crippen molar-refractivity contribution in [2.24, 2.45) is 5.73 Å². The zero-order chi connectivity index (χ0) is 11.4. The zero-order valence-corrected chi connectivity index (χ0v) is 8.75. The SMILES string of the molecule is CN(CC(F)F)CC(NC1CC1)C(N)=O. The molecule has 0 radical (unpaired) electrons. The quantitative estimate of drug-likeness (QED) is 0.625. The number of likely N-dealkylation sites (N-methyl/N-ethyl adjacent to an activating group) is 1. The van der Waals surface area contributed by atoms with Gasteiger partial charge in [-0.3, -0.25) is 9.69 Å². The monoisotopic (exact) mass is 221 g/mol. The molecule has 1 unspecified atom stereocenters. The maximum Gasteiger partial charge on any atom is 0.251 e. The summed E-state index contributed by atoms with van der Waals surface area (Å²) in [6.07, 6.45) is -0.325. The summed E-state index contributed by atoms with van der Waals surface area (Å²) in [4.78, 5) is 12.4. The topological polar surface area (TPSA) is 58.4 Å². The van der Waals surface area contributed by atoms with Gasteiger partial charge in [0.05, 0.1) is 12.6 Å². The summed E-state index contributed by atoms with van der Waals surface area (Å²) < 4.78 is 24.1. The highest BCUT2D eigenvalue weighted by Gasteiger charge is 2.28. The van der Waals surface area contributed by atoms with Crippen LogP contribution in [0.3, 0.4) is 0 Å². The molecule has 1 amide bonds. The van der Waals surface area contributed by atoms with Gasteiger partial charge in [-0.25, -0.2) is 8.78 Å². The first-order chi connectivity index (χ1) is 6.99. The van der Waals surface area contributed by atoms with E-state index in [1.165, 1.54) is 4.90 Å². The minimum absolute atomic E-state index is 0.232. The molecule has 1 rings (SSSR count). The van der Waals surface area contributed by atoms with Gasteiger partial charge in [0.25, 0.3) is 6.43 Å². The molecule has 0 heterocycles. The Hall–Kier alpha value is -0.750. The summed E-state index contributed by atoms with van der Waals surface area (Å²) in [6, 6.07) is -0.191. The van der Waals surface area contributed by atoms with Crippen LogP contribution in [0, 0.1) is 0 Å². The predicted octanol–water partition coefficient (Wildman–Crippen LogP) is -0.211. The van der Waals surface area contributed by atoms with Crippen LogP contribution in [-0.4, -0.2) is 49.5 Å². The number of amides is 1. The molecule has 0 aliphatic heterocycles. The van der Waals surface area contributed by atoms with Crippen LogP contribution in [0.15, 0.2) is 0 Å². The highest BCUT2D eigenvalue weighted by molar-refractivity contribution is 5.80. The van der Waals surface area contributed by atoms with Crippen LogP contribution in [0.2, 0.25) is 0 Å². The first-order valence-electron chi connectivity index (χ1n) is 5.01. The van der Waals surface area contributed by atoms with Gasteiger partial charge in [0, 0.05) is 12.6 Å². The largest absolute Gasteiger partial charge is 0.368 e. The van der Waals surface area contributed by atoms with Crippen molar-refractivity contribution >= 4 is 5.91 Å². The van der Waals surface area contributed by atoms with Crippen LogP contribution in [0.1, 0.15) is 12.8 Å². The van der Waals surface area contributed by atoms with E-state index in [1.54, 1.807) is 7.05 Å². The summed E-state index contributed by atoms with van der Waals surface area (Å²) in [6.45, 7) is -0.105. The van der Waals surface area contributed by atoms with Crippen LogP contribution in [0.4, 0.5) is 8.78 Å². The van der Waals surface area contributed by atoms with E-state index in [1.807, 2.05) is 0 Å². The van der Waals surface area contributed by atoms with E-state index in [0.717, 1.165) is 12.8 Å². The first kappa shape index (κ1) is 12.3. The summed E-state index contributed by atoms with van der Waals surface area (Å²) in [5.41, 5.74) is 5.18. The number of carbonyl (C=O) groups is 1. The molecule has 0 aromatic heterocycles. The van der Waals surface area contributed by atoms with Gasteiger partial charge in [-0.1, -0.05) is 0 Å². The fraction of sp³-hybridized carbons (Fsp3) is 0.889. The van der Waals surface area contributed by atoms with Crippen LogP contribution in [0.25, 0.3) is 0 Å². The lowest BCUT2D eigenvalue weighted by atomic mass is 10.2. The van der Waals surface area contributed by atoms with Crippen molar-refractivity contribution in [3.8, 4) is 0 Å². The minimum Gasteiger partial charge on any atom is -0.368 e. The van der Waals surface area contributed by atoms with Gasteiger partial charge < -0.3 is 11.1 Å². The van der Waals surface area contributed by atoms with Crippen LogP contribution < -0.4 is 11.1 Å². The van der Waals surface area contributed by atoms with E-state index in [9.17, 15) is 13.6 Å². The highest BCUT2D eigenvalue weighted by Crippen LogP contribution is 2.19. The number of carbonyl (C=O) groups excluding carboxylic acids is 1. The lowest BCUT2D eigenvalue weighted by molar-refractivity contribution is -0.120. The second-order valence-corrected chi connectivity index (χ2v) is 4.01. The molecular formula is C9H17F2N3O. The molecule has 0 aromatic carbocycles. The molecule has 0 saturated heterocycles. The number of primary amides is 1. The van der Waals surface area contributed by atoms with E-state index in [0.29, 0.717) is 6.04 Å². The zero-order valence-electron chi connectivity index (χ0n) is 8.75. The van der Waals surface area contributed by atoms with Gasteiger partial charge in [-0.2, -0.15) is 0 Å². The summed E-state index contributed by atoms with van der Waals surface area (Å²) in [5, 5.41) is 3.03. The van der Waals surface area contributed by atoms with Crippen molar-refractivity contribution in [2.75, 3.05) is 20.1 Å². The molecule has 0 spiro atoms. The van der Waals surface area contributed by atoms with Gasteiger partial charge in [0.2, 0.25) is 5.91 Å². The molecule has 4 nitrogen and oxygen atoms in total. The predicted molar refractivity (Wildman–Crippen MR) is 52.6 cm³/mol. The third kappa shape index (κ3) is 5.03. The van der Waals surface area contributed by atoms with Gasteiger partial charge in [-0.05, 0) is 19.9 Å². The Kier molecular flexibility index (Phi) is 4.41. The number of alkyl halides is 2. The van der Waals surface area contributed by atoms with Crippen LogP contribution in [0.5, 0.6) is 0 Å². The summed E-state index contributed by atoms with van der Waals surface area (Å²) in [5.74, 6) is -0.483. The van der Waals surface area contributed by atoms with Gasteiger partial charge >= 0.3 is 0 Å². The molecule has 1 atom stereocenters. The first-order valence-corrected chi connectivity index (χ1v) is 5.01. The number of halogens is 2. The number of nitrogens with zero attached hydrogens (tertiary/aromatic N) is 1. The lowest BCUT2D eigenvalue weighted by Crippen LogP contribution is -2.49. The Morgan fingerprint density at radius 1 is 1.53 bits per heavy atom. The lowest BCUT2D eigenvalue weighted by Gasteiger charge is -2.22. The molecular weight excluding hydrogens is 204 g/mol. The smallest absolute Gasteiger partial charge is 0.251 e. The van der Waals surface area contributed by atoms with Crippen molar-refractivity contribution in [3.05, 3.63) is 0 Å². The van der Waals surface area contributed by atoms with Crippen molar-refractivity contribution in [1.82, 2.24) is 10.2 Å². The molecule has 1 aliphatic rings. The molecule has 88 valence electrons. The Labute approximate surface area is 87.8 Å². The molecule has 0 bridgehead atoms. The van der Waals surface area contributed by atoms with Crippen molar-refractivity contribution < 1.29 is 13.6 Å². The molecule has 1 saturated carbocycles. The second kappa shape index (κ2) is 5.37. The standard InChI is InChI=1S/C9H17F2N3O/c1-14(5-8(10)11)4-7(9(12)15)13-6-2-3-6/h6-8,13H,2-5H2,1H3,(H2,12,15). The fourth-order valence-electron chi connectivity index (χ4n) is 1.38. The maximum absolute atomic E-state index is 12.0. The van der Waals surface area contributed by atoms with E-state index < -0.39 is 18.4 Å². The normalized spacial score (nSPS) is 18.5. The Bertz CT molecular complexity index is 221. The Balaban J connectivity index is 2.31. The second-order valence-electron chi connectivity index (χ2n) is 4.01. The molecule has 6 heteroatoms. The number of nitrogens with one attached hydrogen (secondary N) is 1. The summed E-state index contributed by atoms with van der Waals surface area (Å²) in [7, 11) is 1.55. The van der Waals surface area contributed by atoms with Crippen LogP contribution >= 0.6 is 0 Å². The van der Waals surface area contributed by atoms with Gasteiger partial charge in [0.1, 0.15) is 0 Å². The third-order valence-electron chi connectivity index (χ3n) is 2.30. The number of nitrogens with two attached hydrogens (primary N) is 1. The van der Waals surface area contributed by atoms with E-state index in [-0.39, 0.29) is 13.1 Å². The third-order valence-corrected chi connectivity index (χ3v) is 2.30. The molecule has 3 N–H and O–H groups in total. The van der Waals surface area contributed by atoms with E-state index in [4.69, 9.17) is 5.73 Å². The van der Waals surface area contributed by atoms with E-state index in [2.05, 4.69) is 5.32 Å². The Morgan fingerprint density at radius 2 is 2.13 bits per heavy atom. The maximum atomic E-state index is 12.0. The fourth-order valence-corrected chi connectivity index (χ4v) is 1.38. The van der Waals surface area contributed by atoms with Crippen molar-refractivity contribution in [3.63, 3.8) is 0 Å². The molecule has 1 aliphatic carbocycles. The van der Waals surface area contributed by atoms with Gasteiger partial charge in [-0.15, -0.1) is 0 Å². The number of rotatable bonds is 7. The number of hydrogen-bond acceptors (Lipinski definition) is 3. The Morgan fingerprint density at radius 3 is 2.53 bits per heavy atom. The highest BCUT2D eigenvalue weighted by atomic mass is 19.3. The average molecular weight is 221 g/mol. The number of hydrogen-bond donors (Lipinski definition) is 2. The molecule has 0 aromatic rings. The van der Waals surface area contributed by atoms with Crippen molar-refractivity contribution in [1.29, 1.82) is 0 Å². The molecule has 1 fully saturated rings. The van der Waals surface area contributed by atoms with Crippen LogP contribution in [-0.2, 0) is 4.79 Å². The average Bonchev–Trinajstić information content (AvgIpc) is 2.85. The molecule has 15 heavy (non-hydrogen) atoms. The summed E-state index contributed by atoms with van der Waals surface area (Å²) >= 11 is 0.